The van der Waals surface area contributed by atoms with Gasteiger partial charge in [-0.05, 0) is 44.2 Å². The van der Waals surface area contributed by atoms with Crippen molar-refractivity contribution in [1.82, 2.24) is 31.9 Å². The first-order chi connectivity index (χ1) is 13.3. The fourth-order valence-corrected chi connectivity index (χ4v) is 2.81. The minimum Gasteiger partial charge on any atom is -0.394 e. The number of nitrogens with zero attached hydrogens (tertiary/aromatic N) is 1. The highest BCUT2D eigenvalue weighted by molar-refractivity contribution is 5.19. The molecule has 1 rings (SSSR count). The maximum Gasteiger partial charge on any atom is 0.117 e. The normalized spacial score (nSPS) is 15.9. The maximum absolute atomic E-state index is 6.15. The number of nitrogens with two attached hydrogens (primary N) is 1. The van der Waals surface area contributed by atoms with E-state index in [2.05, 4.69) is 59.6 Å². The van der Waals surface area contributed by atoms with Crippen LogP contribution < -0.4 is 32.6 Å². The van der Waals surface area contributed by atoms with E-state index in [1.165, 1.54) is 11.1 Å². The first kappa shape index (κ1) is 23.8. The Labute approximate surface area is 170 Å². The van der Waals surface area contributed by atoms with Crippen molar-refractivity contribution in [2.24, 2.45) is 11.1 Å². The summed E-state index contributed by atoms with van der Waals surface area (Å²) in [6, 6.07) is 0. The predicted octanol–water partition coefficient (Wildman–Crippen LogP) is 1.80. The third-order valence-electron chi connectivity index (χ3n) is 4.77. The SMILES string of the molecule is C=C(NNC)C(C)(C)CC/C(=C\NC)C/C=C\C=C(/N)N1C=C(CNC)CN1. The summed E-state index contributed by atoms with van der Waals surface area (Å²) in [6.07, 6.45) is 13.1. The minimum absolute atomic E-state index is 0.00268. The monoisotopic (exact) mass is 389 g/mol. The van der Waals surface area contributed by atoms with Gasteiger partial charge in [-0.3, -0.25) is 5.01 Å². The molecule has 0 aliphatic carbocycles. The minimum atomic E-state index is 0.00268. The van der Waals surface area contributed by atoms with Gasteiger partial charge in [-0.25, -0.2) is 10.9 Å². The molecule has 0 unspecified atom stereocenters. The fraction of sp³-hybridized carbons (Fsp3) is 0.524. The van der Waals surface area contributed by atoms with Crippen molar-refractivity contribution in [3.05, 3.63) is 59.9 Å². The second kappa shape index (κ2) is 12.3. The average molecular weight is 390 g/mol. The molecule has 0 aromatic heterocycles. The molecule has 7 heteroatoms. The zero-order valence-corrected chi connectivity index (χ0v) is 18.2. The van der Waals surface area contributed by atoms with Crippen LogP contribution in [0.25, 0.3) is 0 Å². The fourth-order valence-electron chi connectivity index (χ4n) is 2.81. The Morgan fingerprint density at radius 3 is 2.75 bits per heavy atom. The number of rotatable bonds is 13. The molecule has 0 amide bonds. The molecule has 158 valence electrons. The largest absolute Gasteiger partial charge is 0.394 e. The molecule has 0 spiro atoms. The first-order valence-corrected chi connectivity index (χ1v) is 9.80. The second-order valence-electron chi connectivity index (χ2n) is 7.58. The van der Waals surface area contributed by atoms with Gasteiger partial charge < -0.3 is 21.8 Å². The van der Waals surface area contributed by atoms with E-state index in [1.54, 1.807) is 0 Å². The number of nitrogens with one attached hydrogen (secondary N) is 5. The first-order valence-electron chi connectivity index (χ1n) is 9.80. The van der Waals surface area contributed by atoms with Gasteiger partial charge in [0.2, 0.25) is 0 Å². The lowest BCUT2D eigenvalue weighted by Gasteiger charge is -2.28. The molecule has 0 aromatic rings. The quantitative estimate of drug-likeness (QED) is 0.211. The van der Waals surface area contributed by atoms with E-state index in [1.807, 2.05) is 44.5 Å². The van der Waals surface area contributed by atoms with Crippen molar-refractivity contribution in [1.29, 1.82) is 0 Å². The lowest BCUT2D eigenvalue weighted by atomic mass is 9.83. The Balaban J connectivity index is 2.56. The molecule has 0 saturated carbocycles. The van der Waals surface area contributed by atoms with Gasteiger partial charge in [0.05, 0.1) is 0 Å². The summed E-state index contributed by atoms with van der Waals surface area (Å²) in [5.41, 5.74) is 19.1. The van der Waals surface area contributed by atoms with Crippen LogP contribution in [0, 0.1) is 5.41 Å². The van der Waals surface area contributed by atoms with Gasteiger partial charge in [0.25, 0.3) is 0 Å². The lowest BCUT2D eigenvalue weighted by Crippen LogP contribution is -2.34. The van der Waals surface area contributed by atoms with Gasteiger partial charge in [0.15, 0.2) is 0 Å². The molecule has 0 fully saturated rings. The molecule has 0 bridgehead atoms. The summed E-state index contributed by atoms with van der Waals surface area (Å²) in [6.45, 7) is 10.2. The average Bonchev–Trinajstić information content (AvgIpc) is 3.12. The number of allylic oxidation sites excluding steroid dienone is 5. The zero-order valence-electron chi connectivity index (χ0n) is 18.2. The number of hydrazine groups is 2. The van der Waals surface area contributed by atoms with Gasteiger partial charge in [0.1, 0.15) is 5.82 Å². The van der Waals surface area contributed by atoms with Gasteiger partial charge in [-0.15, -0.1) is 0 Å². The number of hydrogen-bond donors (Lipinski definition) is 6. The highest BCUT2D eigenvalue weighted by Gasteiger charge is 2.21. The Morgan fingerprint density at radius 2 is 2.11 bits per heavy atom. The van der Waals surface area contributed by atoms with E-state index in [4.69, 9.17) is 5.73 Å². The predicted molar refractivity (Wildman–Crippen MR) is 119 cm³/mol. The van der Waals surface area contributed by atoms with Crippen LogP contribution in [-0.2, 0) is 0 Å². The molecule has 0 aromatic carbocycles. The molecule has 1 aliphatic heterocycles. The standard InChI is InChI=1S/C21H39N7/c1-17(27-25-6)21(2,3)12-11-18(13-23-4)9-7-8-10-20(22)28-16-19(14-24-5)15-26-28/h7-8,10,13,16,23-27H,1,9,11-12,14-15,22H2,2-6H3/b8-7-,18-13-,20-10+. The molecule has 7 nitrogen and oxygen atoms in total. The van der Waals surface area contributed by atoms with E-state index in [0.717, 1.165) is 38.0 Å². The van der Waals surface area contributed by atoms with Crippen molar-refractivity contribution in [3.63, 3.8) is 0 Å². The Kier molecular flexibility index (Phi) is 10.4. The van der Waals surface area contributed by atoms with Gasteiger partial charge in [-0.2, -0.15) is 0 Å². The van der Waals surface area contributed by atoms with Crippen LogP contribution in [0.15, 0.2) is 59.9 Å². The van der Waals surface area contributed by atoms with Crippen molar-refractivity contribution in [3.8, 4) is 0 Å². The number of hydrogen-bond acceptors (Lipinski definition) is 7. The van der Waals surface area contributed by atoms with Gasteiger partial charge >= 0.3 is 0 Å². The van der Waals surface area contributed by atoms with Crippen molar-refractivity contribution < 1.29 is 0 Å². The summed E-state index contributed by atoms with van der Waals surface area (Å²) in [7, 11) is 5.73. The number of likely N-dealkylation sites (N-methyl/N-ethyl adjacent to an activating group) is 1. The smallest absolute Gasteiger partial charge is 0.117 e. The van der Waals surface area contributed by atoms with E-state index in [0.29, 0.717) is 5.82 Å². The highest BCUT2D eigenvalue weighted by atomic mass is 15.5. The molecule has 0 saturated heterocycles. The van der Waals surface area contributed by atoms with Crippen LogP contribution in [0.1, 0.15) is 33.1 Å². The van der Waals surface area contributed by atoms with Crippen molar-refractivity contribution >= 4 is 0 Å². The summed E-state index contributed by atoms with van der Waals surface area (Å²) < 4.78 is 0. The molecule has 7 N–H and O–H groups in total. The topological polar surface area (TPSA) is 89.4 Å². The van der Waals surface area contributed by atoms with E-state index in [-0.39, 0.29) is 5.41 Å². The van der Waals surface area contributed by atoms with Crippen LogP contribution in [0.3, 0.4) is 0 Å². The zero-order chi connectivity index (χ0) is 21.0. The Morgan fingerprint density at radius 1 is 1.36 bits per heavy atom. The van der Waals surface area contributed by atoms with Crippen molar-refractivity contribution in [2.75, 3.05) is 34.2 Å². The highest BCUT2D eigenvalue weighted by Crippen LogP contribution is 2.30. The van der Waals surface area contributed by atoms with Gasteiger partial charge in [-0.1, -0.05) is 38.2 Å². The van der Waals surface area contributed by atoms with Crippen LogP contribution >= 0.6 is 0 Å². The van der Waals surface area contributed by atoms with Crippen molar-refractivity contribution in [2.45, 2.75) is 33.1 Å². The van der Waals surface area contributed by atoms with Crippen LogP contribution in [0.5, 0.6) is 0 Å². The summed E-state index contributed by atoms with van der Waals surface area (Å²) >= 11 is 0. The van der Waals surface area contributed by atoms with Crippen LogP contribution in [0.4, 0.5) is 0 Å². The third kappa shape index (κ3) is 8.21. The summed E-state index contributed by atoms with van der Waals surface area (Å²) in [4.78, 5) is 0. The summed E-state index contributed by atoms with van der Waals surface area (Å²) in [5.74, 6) is 0.678. The molecule has 28 heavy (non-hydrogen) atoms. The van der Waals surface area contributed by atoms with Gasteiger partial charge in [0, 0.05) is 44.5 Å². The molecular weight excluding hydrogens is 350 g/mol. The molecule has 1 heterocycles. The molecule has 0 atom stereocenters. The molecule has 0 radical (unpaired) electrons. The van der Waals surface area contributed by atoms with E-state index >= 15 is 0 Å². The van der Waals surface area contributed by atoms with Crippen LogP contribution in [-0.4, -0.2) is 39.2 Å². The molecular formula is C21H39N7. The second-order valence-corrected chi connectivity index (χ2v) is 7.58. The Bertz CT molecular complexity index is 614. The Hall–Kier alpha value is -2.22. The van der Waals surface area contributed by atoms with E-state index < -0.39 is 0 Å². The summed E-state index contributed by atoms with van der Waals surface area (Å²) in [5, 5.41) is 8.16. The maximum atomic E-state index is 6.15. The molecule has 1 aliphatic rings. The van der Waals surface area contributed by atoms with E-state index in [9.17, 15) is 0 Å². The lowest BCUT2D eigenvalue weighted by molar-refractivity contribution is 0.369. The third-order valence-corrected chi connectivity index (χ3v) is 4.77. The van der Waals surface area contributed by atoms with Crippen LogP contribution in [0.2, 0.25) is 0 Å².